The van der Waals surface area contributed by atoms with E-state index >= 15 is 0 Å². The number of aromatic nitrogens is 1. The minimum Gasteiger partial charge on any atom is -0.490 e. The Balaban J connectivity index is 2.31. The summed E-state index contributed by atoms with van der Waals surface area (Å²) in [5, 5.41) is 14.4. The highest BCUT2D eigenvalue weighted by molar-refractivity contribution is 7.13. The zero-order valence-corrected chi connectivity index (χ0v) is 16.0. The fourth-order valence-corrected chi connectivity index (χ4v) is 2.84. The average molecular weight is 392 g/mol. The number of hydrogen-bond donors (Lipinski definition) is 1. The summed E-state index contributed by atoms with van der Waals surface area (Å²) in [5.74, 6) is 0.387. The van der Waals surface area contributed by atoms with Crippen LogP contribution < -0.4 is 14.8 Å². The van der Waals surface area contributed by atoms with Crippen molar-refractivity contribution in [2.24, 2.45) is 0 Å². The Kier molecular flexibility index (Phi) is 7.45. The van der Waals surface area contributed by atoms with E-state index in [1.807, 2.05) is 19.9 Å². The van der Waals surface area contributed by atoms with E-state index in [9.17, 15) is 10.1 Å². The van der Waals surface area contributed by atoms with Crippen molar-refractivity contribution in [2.45, 2.75) is 20.3 Å². The number of nitriles is 1. The number of halogens is 1. The van der Waals surface area contributed by atoms with Crippen molar-refractivity contribution >= 4 is 40.1 Å². The van der Waals surface area contributed by atoms with Crippen molar-refractivity contribution < 1.29 is 14.3 Å². The van der Waals surface area contributed by atoms with Crippen LogP contribution in [-0.4, -0.2) is 24.1 Å². The molecule has 0 atom stereocenters. The number of anilines is 1. The van der Waals surface area contributed by atoms with Gasteiger partial charge in [0, 0.05) is 11.6 Å². The van der Waals surface area contributed by atoms with Gasteiger partial charge in [0.15, 0.2) is 16.6 Å². The monoisotopic (exact) mass is 391 g/mol. The second kappa shape index (κ2) is 9.80. The van der Waals surface area contributed by atoms with Crippen LogP contribution in [0.2, 0.25) is 5.02 Å². The Morgan fingerprint density at radius 2 is 2.23 bits per heavy atom. The van der Waals surface area contributed by atoms with Crippen LogP contribution in [0.5, 0.6) is 11.5 Å². The maximum Gasteiger partial charge on any atom is 0.268 e. The summed E-state index contributed by atoms with van der Waals surface area (Å²) >= 11 is 7.57. The maximum absolute atomic E-state index is 12.2. The molecule has 26 heavy (non-hydrogen) atoms. The molecule has 6 nitrogen and oxygen atoms in total. The molecule has 0 fully saturated rings. The lowest BCUT2D eigenvalue weighted by Gasteiger charge is -2.14. The van der Waals surface area contributed by atoms with E-state index < -0.39 is 5.91 Å². The van der Waals surface area contributed by atoms with Gasteiger partial charge in [0.05, 0.1) is 18.2 Å². The van der Waals surface area contributed by atoms with Crippen LogP contribution in [0.1, 0.15) is 25.8 Å². The molecule has 0 aliphatic rings. The van der Waals surface area contributed by atoms with Crippen LogP contribution in [0, 0.1) is 11.3 Å². The number of hydrogen-bond acceptors (Lipinski definition) is 6. The van der Waals surface area contributed by atoms with E-state index in [0.717, 1.165) is 6.42 Å². The topological polar surface area (TPSA) is 84.2 Å². The molecule has 0 aliphatic carbocycles. The Morgan fingerprint density at radius 1 is 1.42 bits per heavy atom. The van der Waals surface area contributed by atoms with E-state index in [1.165, 1.54) is 17.4 Å². The van der Waals surface area contributed by atoms with Gasteiger partial charge in [-0.2, -0.15) is 5.26 Å². The molecule has 1 aromatic heterocycles. The lowest BCUT2D eigenvalue weighted by atomic mass is 10.1. The summed E-state index contributed by atoms with van der Waals surface area (Å²) in [6, 6.07) is 5.21. The number of ether oxygens (including phenoxy) is 2. The summed E-state index contributed by atoms with van der Waals surface area (Å²) in [7, 11) is 0. The van der Waals surface area contributed by atoms with Gasteiger partial charge in [0.1, 0.15) is 11.6 Å². The number of carbonyl (C=O) groups is 1. The molecule has 0 saturated carbocycles. The molecule has 2 rings (SSSR count). The van der Waals surface area contributed by atoms with E-state index in [2.05, 4.69) is 10.3 Å². The number of nitrogens with zero attached hydrogens (tertiary/aromatic N) is 2. The fraction of sp³-hybridized carbons (Fsp3) is 0.278. The van der Waals surface area contributed by atoms with Gasteiger partial charge in [0.2, 0.25) is 0 Å². The van der Waals surface area contributed by atoms with Crippen LogP contribution in [-0.2, 0) is 4.79 Å². The summed E-state index contributed by atoms with van der Waals surface area (Å²) in [4.78, 5) is 16.2. The van der Waals surface area contributed by atoms with E-state index in [0.29, 0.717) is 40.4 Å². The summed E-state index contributed by atoms with van der Waals surface area (Å²) in [6.07, 6.45) is 3.85. The average Bonchev–Trinajstić information content (AvgIpc) is 3.12. The molecule has 0 saturated heterocycles. The fourth-order valence-electron chi connectivity index (χ4n) is 2.04. The molecular weight excluding hydrogens is 374 g/mol. The molecule has 1 heterocycles. The van der Waals surface area contributed by atoms with Crippen molar-refractivity contribution in [1.29, 1.82) is 5.26 Å². The quantitative estimate of drug-likeness (QED) is 0.527. The standard InChI is InChI=1S/C18H18ClN3O3S/c1-3-6-25-16-14(19)9-12(10-15(16)24-4-2)8-13(11-20)17(23)22-18-21-5-7-26-18/h5,7-10H,3-4,6H2,1-2H3,(H,21,22,23)/b13-8+. The number of rotatable bonds is 8. The van der Waals surface area contributed by atoms with Crippen LogP contribution in [0.4, 0.5) is 5.13 Å². The van der Waals surface area contributed by atoms with Gasteiger partial charge < -0.3 is 9.47 Å². The van der Waals surface area contributed by atoms with E-state index in [-0.39, 0.29) is 5.57 Å². The first kappa shape index (κ1) is 19.8. The van der Waals surface area contributed by atoms with Gasteiger partial charge in [0.25, 0.3) is 5.91 Å². The predicted molar refractivity (Wildman–Crippen MR) is 103 cm³/mol. The lowest BCUT2D eigenvalue weighted by molar-refractivity contribution is -0.112. The molecule has 1 aromatic carbocycles. The van der Waals surface area contributed by atoms with Crippen LogP contribution in [0.25, 0.3) is 6.08 Å². The molecule has 0 unspecified atom stereocenters. The van der Waals surface area contributed by atoms with Gasteiger partial charge in [-0.15, -0.1) is 11.3 Å². The highest BCUT2D eigenvalue weighted by atomic mass is 35.5. The van der Waals surface area contributed by atoms with E-state index in [4.69, 9.17) is 21.1 Å². The summed E-state index contributed by atoms with van der Waals surface area (Å²) in [5.41, 5.74) is 0.495. The van der Waals surface area contributed by atoms with Crippen LogP contribution in [0.15, 0.2) is 29.3 Å². The van der Waals surface area contributed by atoms with Crippen molar-refractivity contribution in [3.05, 3.63) is 39.9 Å². The molecule has 0 spiro atoms. The molecule has 1 N–H and O–H groups in total. The first-order chi connectivity index (χ1) is 12.6. The minimum absolute atomic E-state index is 0.0686. The largest absolute Gasteiger partial charge is 0.490 e. The number of thiazole rings is 1. The number of carbonyl (C=O) groups excluding carboxylic acids is 1. The van der Waals surface area contributed by atoms with E-state index in [1.54, 1.807) is 23.7 Å². The Bertz CT molecular complexity index is 829. The van der Waals surface area contributed by atoms with Crippen LogP contribution >= 0.6 is 22.9 Å². The highest BCUT2D eigenvalue weighted by Gasteiger charge is 2.15. The normalized spacial score (nSPS) is 10.9. The van der Waals surface area contributed by atoms with Gasteiger partial charge in [-0.3, -0.25) is 10.1 Å². The third-order valence-electron chi connectivity index (χ3n) is 3.11. The Morgan fingerprint density at radius 3 is 2.85 bits per heavy atom. The molecule has 1 amide bonds. The van der Waals surface area contributed by atoms with Gasteiger partial charge in [-0.25, -0.2) is 4.98 Å². The van der Waals surface area contributed by atoms with Crippen molar-refractivity contribution in [1.82, 2.24) is 4.98 Å². The molecular formula is C18H18ClN3O3S. The van der Waals surface area contributed by atoms with Gasteiger partial charge in [-0.1, -0.05) is 18.5 Å². The van der Waals surface area contributed by atoms with Gasteiger partial charge >= 0.3 is 0 Å². The summed E-state index contributed by atoms with van der Waals surface area (Å²) < 4.78 is 11.2. The molecule has 0 aliphatic heterocycles. The predicted octanol–water partition coefficient (Wildman–Crippen LogP) is 4.53. The summed E-state index contributed by atoms with van der Waals surface area (Å²) in [6.45, 7) is 4.78. The minimum atomic E-state index is -0.539. The smallest absolute Gasteiger partial charge is 0.268 e. The maximum atomic E-state index is 12.2. The molecule has 2 aromatic rings. The molecule has 0 radical (unpaired) electrons. The van der Waals surface area contributed by atoms with Crippen molar-refractivity contribution in [3.63, 3.8) is 0 Å². The Labute approximate surface area is 161 Å². The number of benzene rings is 1. The first-order valence-electron chi connectivity index (χ1n) is 8.00. The second-order valence-corrected chi connectivity index (χ2v) is 6.37. The highest BCUT2D eigenvalue weighted by Crippen LogP contribution is 2.37. The first-order valence-corrected chi connectivity index (χ1v) is 9.26. The number of amides is 1. The second-order valence-electron chi connectivity index (χ2n) is 5.07. The zero-order chi connectivity index (χ0) is 18.9. The Hall–Kier alpha value is -2.56. The van der Waals surface area contributed by atoms with Crippen molar-refractivity contribution in [2.75, 3.05) is 18.5 Å². The SMILES string of the molecule is CCCOc1c(Cl)cc(/C=C(\C#N)C(=O)Nc2nccs2)cc1OCC. The molecule has 136 valence electrons. The zero-order valence-electron chi connectivity index (χ0n) is 14.4. The van der Waals surface area contributed by atoms with Crippen LogP contribution in [0.3, 0.4) is 0 Å². The number of nitrogens with one attached hydrogen (secondary N) is 1. The van der Waals surface area contributed by atoms with Gasteiger partial charge in [-0.05, 0) is 37.1 Å². The molecule has 0 bridgehead atoms. The third kappa shape index (κ3) is 5.22. The lowest BCUT2D eigenvalue weighted by Crippen LogP contribution is -2.13. The molecule has 8 heteroatoms. The van der Waals surface area contributed by atoms with Crippen molar-refractivity contribution in [3.8, 4) is 17.6 Å². The third-order valence-corrected chi connectivity index (χ3v) is 4.08.